The number of aliphatic imine (C=N–C) groups is 1. The second kappa shape index (κ2) is 7.09. The van der Waals surface area contributed by atoms with Gasteiger partial charge in [0.25, 0.3) is 0 Å². The van der Waals surface area contributed by atoms with Crippen molar-refractivity contribution in [3.63, 3.8) is 0 Å². The number of nitrogens with zero attached hydrogens (tertiary/aromatic N) is 2. The Balaban J connectivity index is 1.76. The van der Waals surface area contributed by atoms with Crippen molar-refractivity contribution in [2.24, 2.45) is 4.99 Å². The summed E-state index contributed by atoms with van der Waals surface area (Å²) >= 11 is 1.32. The third-order valence-electron chi connectivity index (χ3n) is 3.92. The normalized spacial score (nSPS) is 12.9. The van der Waals surface area contributed by atoms with Crippen LogP contribution >= 0.6 is 20.6 Å². The zero-order valence-electron chi connectivity index (χ0n) is 14.3. The first-order chi connectivity index (χ1) is 12.3. The fourth-order valence-electron chi connectivity index (χ4n) is 2.78. The summed E-state index contributed by atoms with van der Waals surface area (Å²) in [5.74, 6) is -0.767. The van der Waals surface area contributed by atoms with E-state index in [9.17, 15) is 14.0 Å². The fraction of sp³-hybridized carbons (Fsp3) is 0.167. The van der Waals surface area contributed by atoms with Crippen LogP contribution in [0.2, 0.25) is 0 Å². The van der Waals surface area contributed by atoms with Crippen LogP contribution in [0.1, 0.15) is 27.7 Å². The van der Waals surface area contributed by atoms with Crippen LogP contribution in [-0.2, 0) is 4.79 Å². The molecule has 0 fully saturated rings. The average molecular weight is 389 g/mol. The molecule has 0 spiro atoms. The second-order valence-electron chi connectivity index (χ2n) is 5.93. The lowest BCUT2D eigenvalue weighted by atomic mass is 10.1. The molecule has 1 N–H and O–H groups in total. The number of amides is 1. The molecule has 0 aliphatic carbocycles. The van der Waals surface area contributed by atoms with E-state index in [4.69, 9.17) is 0 Å². The fourth-order valence-corrected chi connectivity index (χ4v) is 4.18. The van der Waals surface area contributed by atoms with Crippen molar-refractivity contribution in [2.75, 3.05) is 11.9 Å². The molecule has 0 saturated carbocycles. The Morgan fingerprint density at radius 1 is 1.38 bits per heavy atom. The molecule has 0 radical (unpaired) electrons. The van der Waals surface area contributed by atoms with Gasteiger partial charge in [-0.1, -0.05) is 6.58 Å². The lowest BCUT2D eigenvalue weighted by molar-refractivity contribution is -0.116. The lowest BCUT2D eigenvalue weighted by Gasteiger charge is -2.25. The van der Waals surface area contributed by atoms with Crippen molar-refractivity contribution in [1.29, 1.82) is 0 Å². The molecule has 1 aromatic carbocycles. The highest BCUT2D eigenvalue weighted by Gasteiger charge is 2.26. The van der Waals surface area contributed by atoms with Crippen LogP contribution in [-0.4, -0.2) is 29.5 Å². The molecule has 1 aromatic heterocycles. The standard InChI is InChI=1S/C18H17FN3O2PS/c1-9-16-10(2)22(8-20-18(16)26-17(9)11(3)23)7-15(24)21-13-4-12(19)5-14(25)6-13/h4-6,8H,2,7,25H2,1,3H3,(H,21,24). The van der Waals surface area contributed by atoms with E-state index in [2.05, 4.69) is 26.1 Å². The maximum Gasteiger partial charge on any atom is 0.244 e. The molecule has 26 heavy (non-hydrogen) atoms. The molecule has 1 amide bonds. The molecule has 8 heteroatoms. The molecule has 5 nitrogen and oxygen atoms in total. The number of hydrogen-bond acceptors (Lipinski definition) is 5. The van der Waals surface area contributed by atoms with Crippen LogP contribution < -0.4 is 10.6 Å². The first-order valence-electron chi connectivity index (χ1n) is 7.76. The van der Waals surface area contributed by atoms with E-state index in [0.717, 1.165) is 11.1 Å². The van der Waals surface area contributed by atoms with Gasteiger partial charge in [-0.05, 0) is 42.9 Å². The van der Waals surface area contributed by atoms with E-state index >= 15 is 0 Å². The number of carbonyl (C=O) groups excluding carboxylic acids is 2. The molecule has 1 unspecified atom stereocenters. The minimum atomic E-state index is -0.424. The molecule has 1 atom stereocenters. The van der Waals surface area contributed by atoms with E-state index in [1.807, 2.05) is 6.92 Å². The number of rotatable bonds is 4. The van der Waals surface area contributed by atoms with Crippen LogP contribution in [0.15, 0.2) is 29.8 Å². The van der Waals surface area contributed by atoms with Gasteiger partial charge in [-0.3, -0.25) is 9.59 Å². The van der Waals surface area contributed by atoms with Crippen molar-refractivity contribution in [1.82, 2.24) is 4.90 Å². The van der Waals surface area contributed by atoms with Crippen LogP contribution in [0, 0.1) is 12.7 Å². The van der Waals surface area contributed by atoms with Crippen LogP contribution in [0.3, 0.4) is 0 Å². The summed E-state index contributed by atoms with van der Waals surface area (Å²) in [5, 5.41) is 4.02. The van der Waals surface area contributed by atoms with Crippen LogP contribution in [0.25, 0.3) is 5.70 Å². The number of ketones is 1. The Morgan fingerprint density at radius 2 is 2.12 bits per heavy atom. The number of carbonyl (C=O) groups is 2. The number of hydrogen-bond donors (Lipinski definition) is 1. The van der Waals surface area contributed by atoms with E-state index in [1.54, 1.807) is 11.0 Å². The summed E-state index contributed by atoms with van der Waals surface area (Å²) in [6.45, 7) is 7.39. The third-order valence-corrected chi connectivity index (χ3v) is 5.55. The van der Waals surface area contributed by atoms with Crippen molar-refractivity contribution >= 4 is 60.3 Å². The van der Waals surface area contributed by atoms with Gasteiger partial charge in [0.2, 0.25) is 5.91 Å². The van der Waals surface area contributed by atoms with Gasteiger partial charge in [-0.15, -0.1) is 20.6 Å². The zero-order valence-corrected chi connectivity index (χ0v) is 16.3. The highest BCUT2D eigenvalue weighted by molar-refractivity contribution is 7.27. The summed E-state index contributed by atoms with van der Waals surface area (Å²) in [4.78, 5) is 30.6. The molecular weight excluding hydrogens is 372 g/mol. The summed E-state index contributed by atoms with van der Waals surface area (Å²) in [6, 6.07) is 4.27. The van der Waals surface area contributed by atoms with Gasteiger partial charge in [-0.2, -0.15) is 0 Å². The van der Waals surface area contributed by atoms with Gasteiger partial charge >= 0.3 is 0 Å². The van der Waals surface area contributed by atoms with Crippen molar-refractivity contribution in [2.45, 2.75) is 13.8 Å². The predicted octanol–water partition coefficient (Wildman–Crippen LogP) is 3.48. The third kappa shape index (κ3) is 3.59. The Kier molecular flexibility index (Phi) is 5.03. The summed E-state index contributed by atoms with van der Waals surface area (Å²) in [5.41, 5.74) is 2.60. The molecule has 1 aliphatic heterocycles. The topological polar surface area (TPSA) is 61.8 Å². The first kappa shape index (κ1) is 18.4. The van der Waals surface area contributed by atoms with Crippen molar-refractivity contribution in [3.05, 3.63) is 46.6 Å². The van der Waals surface area contributed by atoms with Gasteiger partial charge in [0, 0.05) is 16.9 Å². The number of nitrogens with one attached hydrogen (secondary N) is 1. The largest absolute Gasteiger partial charge is 0.324 e. The molecule has 3 rings (SSSR count). The predicted molar refractivity (Wildman–Crippen MR) is 107 cm³/mol. The quantitative estimate of drug-likeness (QED) is 0.643. The molecule has 134 valence electrons. The highest BCUT2D eigenvalue weighted by atomic mass is 32.1. The second-order valence-corrected chi connectivity index (χ2v) is 7.60. The monoisotopic (exact) mass is 389 g/mol. The minimum Gasteiger partial charge on any atom is -0.324 e. The van der Waals surface area contributed by atoms with Crippen LogP contribution in [0.5, 0.6) is 0 Å². The maximum atomic E-state index is 13.4. The molecular formula is C18H17FN3O2PS. The molecule has 0 bridgehead atoms. The van der Waals surface area contributed by atoms with Crippen molar-refractivity contribution in [3.8, 4) is 0 Å². The van der Waals surface area contributed by atoms with E-state index in [0.29, 0.717) is 26.6 Å². The highest BCUT2D eigenvalue weighted by Crippen LogP contribution is 2.42. The smallest absolute Gasteiger partial charge is 0.244 e. The number of anilines is 1. The SMILES string of the molecule is C=C1c2c(sc(C(C)=O)c2C)N=CN1CC(=O)Nc1cc(F)cc(P)c1. The minimum absolute atomic E-state index is 0.0187. The van der Waals surface area contributed by atoms with Gasteiger partial charge in [0.1, 0.15) is 17.4 Å². The molecule has 2 heterocycles. The number of thiophene rings is 1. The van der Waals surface area contributed by atoms with Gasteiger partial charge in [0.15, 0.2) is 5.78 Å². The van der Waals surface area contributed by atoms with E-state index in [1.165, 1.54) is 36.7 Å². The number of Topliss-reactive ketones (excluding diaryl/α,β-unsaturated/α-hetero) is 1. The van der Waals surface area contributed by atoms with Crippen LogP contribution in [0.4, 0.5) is 15.1 Å². The lowest BCUT2D eigenvalue weighted by Crippen LogP contribution is -2.32. The first-order valence-corrected chi connectivity index (χ1v) is 9.16. The van der Waals surface area contributed by atoms with Gasteiger partial charge in [0.05, 0.1) is 11.2 Å². The Hall–Kier alpha value is -2.37. The van der Waals surface area contributed by atoms with E-state index in [-0.39, 0.29) is 18.2 Å². The Bertz CT molecular complexity index is 947. The summed E-state index contributed by atoms with van der Waals surface area (Å²) in [7, 11) is 2.39. The van der Waals surface area contributed by atoms with Crippen molar-refractivity contribution < 1.29 is 14.0 Å². The number of halogens is 1. The Labute approximate surface area is 156 Å². The number of benzene rings is 1. The molecule has 1 aliphatic rings. The van der Waals surface area contributed by atoms with E-state index < -0.39 is 5.82 Å². The average Bonchev–Trinajstić information content (AvgIpc) is 2.87. The maximum absolute atomic E-state index is 13.4. The molecule has 2 aromatic rings. The Morgan fingerprint density at radius 3 is 2.77 bits per heavy atom. The van der Waals surface area contributed by atoms with Gasteiger partial charge in [-0.25, -0.2) is 9.38 Å². The summed E-state index contributed by atoms with van der Waals surface area (Å²) < 4.78 is 13.4. The molecule has 0 saturated heterocycles. The zero-order chi connectivity index (χ0) is 19.0. The number of fused-ring (bicyclic) bond motifs is 1. The van der Waals surface area contributed by atoms with Gasteiger partial charge < -0.3 is 10.2 Å². The summed E-state index contributed by atoms with van der Waals surface area (Å²) in [6.07, 6.45) is 1.52.